The maximum Gasteiger partial charge on any atom is 0.257 e. The maximum absolute atomic E-state index is 5.41. The standard InChI is InChI=1S/C16H22N4O/c1-3-20(4-2)8-7-15-18-16(21-19-15)12-5-6-13-10-17-11-14(13)9-12/h5-6,9,17H,3-4,7-8,10-11H2,1-2H3. The van der Waals surface area contributed by atoms with Gasteiger partial charge in [0.25, 0.3) is 5.89 Å². The number of hydrogen-bond acceptors (Lipinski definition) is 5. The van der Waals surface area contributed by atoms with Crippen molar-refractivity contribution in [1.82, 2.24) is 20.4 Å². The van der Waals surface area contributed by atoms with Crippen LogP contribution < -0.4 is 5.32 Å². The van der Waals surface area contributed by atoms with Crippen molar-refractivity contribution in [2.24, 2.45) is 0 Å². The molecule has 21 heavy (non-hydrogen) atoms. The Hall–Kier alpha value is -1.72. The summed E-state index contributed by atoms with van der Waals surface area (Å²) in [4.78, 5) is 6.88. The van der Waals surface area contributed by atoms with Gasteiger partial charge in [0, 0.05) is 31.6 Å². The Morgan fingerprint density at radius 1 is 1.19 bits per heavy atom. The Balaban J connectivity index is 1.70. The number of aromatic nitrogens is 2. The first-order chi connectivity index (χ1) is 10.3. The second-order valence-corrected chi connectivity index (χ2v) is 5.38. The van der Waals surface area contributed by atoms with Crippen LogP contribution in [0.3, 0.4) is 0 Å². The van der Waals surface area contributed by atoms with Gasteiger partial charge < -0.3 is 14.7 Å². The Morgan fingerprint density at radius 2 is 2.00 bits per heavy atom. The lowest BCUT2D eigenvalue weighted by Crippen LogP contribution is -2.25. The van der Waals surface area contributed by atoms with E-state index in [-0.39, 0.29) is 0 Å². The summed E-state index contributed by atoms with van der Waals surface area (Å²) >= 11 is 0. The minimum absolute atomic E-state index is 0.624. The Morgan fingerprint density at radius 3 is 2.81 bits per heavy atom. The number of hydrogen-bond donors (Lipinski definition) is 1. The summed E-state index contributed by atoms with van der Waals surface area (Å²) < 4.78 is 5.41. The number of rotatable bonds is 6. The van der Waals surface area contributed by atoms with Crippen LogP contribution in [0.4, 0.5) is 0 Å². The molecule has 0 saturated carbocycles. The highest BCUT2D eigenvalue weighted by molar-refractivity contribution is 5.56. The van der Waals surface area contributed by atoms with Gasteiger partial charge in [-0.3, -0.25) is 0 Å². The largest absolute Gasteiger partial charge is 0.334 e. The summed E-state index contributed by atoms with van der Waals surface area (Å²) in [6.45, 7) is 9.30. The molecule has 1 aliphatic heterocycles. The summed E-state index contributed by atoms with van der Waals surface area (Å²) in [6, 6.07) is 6.36. The van der Waals surface area contributed by atoms with Crippen molar-refractivity contribution in [1.29, 1.82) is 0 Å². The number of nitrogens with one attached hydrogen (secondary N) is 1. The molecule has 1 N–H and O–H groups in total. The van der Waals surface area contributed by atoms with E-state index in [1.54, 1.807) is 0 Å². The summed E-state index contributed by atoms with van der Waals surface area (Å²) in [5.41, 5.74) is 3.70. The number of nitrogens with zero attached hydrogens (tertiary/aromatic N) is 3. The average molecular weight is 286 g/mol. The molecule has 0 fully saturated rings. The fraction of sp³-hybridized carbons (Fsp3) is 0.500. The molecule has 2 heterocycles. The van der Waals surface area contributed by atoms with Gasteiger partial charge in [-0.05, 0) is 36.3 Å². The molecule has 3 rings (SSSR count). The molecule has 0 amide bonds. The third-order valence-electron chi connectivity index (χ3n) is 4.10. The summed E-state index contributed by atoms with van der Waals surface area (Å²) in [7, 11) is 0. The Bertz CT molecular complexity index is 604. The molecule has 0 bridgehead atoms. The summed E-state index contributed by atoms with van der Waals surface area (Å²) in [5.74, 6) is 1.41. The quantitative estimate of drug-likeness (QED) is 0.882. The molecule has 0 unspecified atom stereocenters. The fourth-order valence-electron chi connectivity index (χ4n) is 2.70. The smallest absolute Gasteiger partial charge is 0.257 e. The van der Waals surface area contributed by atoms with Crippen LogP contribution in [0.5, 0.6) is 0 Å². The maximum atomic E-state index is 5.41. The first-order valence-electron chi connectivity index (χ1n) is 7.68. The predicted molar refractivity (Wildman–Crippen MR) is 81.8 cm³/mol. The van der Waals surface area contributed by atoms with E-state index in [0.717, 1.165) is 50.5 Å². The lowest BCUT2D eigenvalue weighted by Gasteiger charge is -2.16. The zero-order valence-electron chi connectivity index (χ0n) is 12.7. The minimum Gasteiger partial charge on any atom is -0.334 e. The van der Waals surface area contributed by atoms with E-state index in [0.29, 0.717) is 5.89 Å². The third kappa shape index (κ3) is 3.14. The van der Waals surface area contributed by atoms with Crippen molar-refractivity contribution in [2.75, 3.05) is 19.6 Å². The molecule has 112 valence electrons. The molecule has 0 atom stereocenters. The van der Waals surface area contributed by atoms with Crippen LogP contribution in [0.25, 0.3) is 11.5 Å². The molecule has 0 radical (unpaired) electrons. The monoisotopic (exact) mass is 286 g/mol. The molecule has 5 heteroatoms. The number of fused-ring (bicyclic) bond motifs is 1. The molecule has 0 saturated heterocycles. The van der Waals surface area contributed by atoms with Crippen LogP contribution in [0.15, 0.2) is 22.7 Å². The van der Waals surface area contributed by atoms with E-state index in [1.165, 1.54) is 11.1 Å². The van der Waals surface area contributed by atoms with Gasteiger partial charge in [-0.15, -0.1) is 0 Å². The highest BCUT2D eigenvalue weighted by atomic mass is 16.5. The van der Waals surface area contributed by atoms with Crippen LogP contribution in [-0.4, -0.2) is 34.7 Å². The molecule has 0 spiro atoms. The molecule has 5 nitrogen and oxygen atoms in total. The average Bonchev–Trinajstić information content (AvgIpc) is 3.16. The Kier molecular flexibility index (Phi) is 4.31. The first kappa shape index (κ1) is 14.2. The van der Waals surface area contributed by atoms with E-state index in [9.17, 15) is 0 Å². The molecule has 1 aromatic carbocycles. The van der Waals surface area contributed by atoms with E-state index in [2.05, 4.69) is 52.4 Å². The normalized spacial score (nSPS) is 13.9. The van der Waals surface area contributed by atoms with Crippen LogP contribution >= 0.6 is 0 Å². The zero-order valence-corrected chi connectivity index (χ0v) is 12.7. The van der Waals surface area contributed by atoms with Crippen molar-refractivity contribution < 1.29 is 4.52 Å². The first-order valence-corrected chi connectivity index (χ1v) is 7.68. The van der Waals surface area contributed by atoms with Crippen molar-refractivity contribution in [3.63, 3.8) is 0 Å². The van der Waals surface area contributed by atoms with Gasteiger partial charge >= 0.3 is 0 Å². The van der Waals surface area contributed by atoms with Gasteiger partial charge in [0.15, 0.2) is 5.82 Å². The van der Waals surface area contributed by atoms with Crippen LogP contribution in [-0.2, 0) is 19.5 Å². The topological polar surface area (TPSA) is 54.2 Å². The van der Waals surface area contributed by atoms with Crippen molar-refractivity contribution in [2.45, 2.75) is 33.4 Å². The number of benzene rings is 1. The van der Waals surface area contributed by atoms with Gasteiger partial charge in [-0.1, -0.05) is 25.1 Å². The van der Waals surface area contributed by atoms with Crippen LogP contribution in [0.1, 0.15) is 30.8 Å². The lowest BCUT2D eigenvalue weighted by atomic mass is 10.1. The molecular formula is C16H22N4O. The highest BCUT2D eigenvalue weighted by Gasteiger charge is 2.14. The van der Waals surface area contributed by atoms with Crippen LogP contribution in [0.2, 0.25) is 0 Å². The van der Waals surface area contributed by atoms with E-state index < -0.39 is 0 Å². The number of likely N-dealkylation sites (N-methyl/N-ethyl adjacent to an activating group) is 1. The summed E-state index contributed by atoms with van der Waals surface area (Å²) in [5, 5.41) is 7.44. The van der Waals surface area contributed by atoms with E-state index >= 15 is 0 Å². The van der Waals surface area contributed by atoms with Gasteiger partial charge in [0.05, 0.1) is 0 Å². The Labute approximate surface area is 125 Å². The predicted octanol–water partition coefficient (Wildman–Crippen LogP) is 2.22. The van der Waals surface area contributed by atoms with Gasteiger partial charge in [-0.2, -0.15) is 4.98 Å². The van der Waals surface area contributed by atoms with Gasteiger partial charge in [-0.25, -0.2) is 0 Å². The molecule has 0 aliphatic carbocycles. The van der Waals surface area contributed by atoms with Crippen molar-refractivity contribution in [3.05, 3.63) is 35.2 Å². The lowest BCUT2D eigenvalue weighted by molar-refractivity contribution is 0.303. The second kappa shape index (κ2) is 6.37. The van der Waals surface area contributed by atoms with E-state index in [1.807, 2.05) is 0 Å². The highest BCUT2D eigenvalue weighted by Crippen LogP contribution is 2.23. The van der Waals surface area contributed by atoms with Gasteiger partial charge in [0.1, 0.15) is 0 Å². The fourth-order valence-corrected chi connectivity index (χ4v) is 2.70. The van der Waals surface area contributed by atoms with Gasteiger partial charge in [0.2, 0.25) is 0 Å². The van der Waals surface area contributed by atoms with E-state index in [4.69, 9.17) is 4.52 Å². The second-order valence-electron chi connectivity index (χ2n) is 5.38. The van der Waals surface area contributed by atoms with Crippen molar-refractivity contribution >= 4 is 0 Å². The molecular weight excluding hydrogens is 264 g/mol. The SMILES string of the molecule is CCN(CC)CCc1noc(-c2ccc3c(c2)CNC3)n1. The zero-order chi connectivity index (χ0) is 14.7. The minimum atomic E-state index is 0.624. The van der Waals surface area contributed by atoms with Crippen molar-refractivity contribution in [3.8, 4) is 11.5 Å². The third-order valence-corrected chi connectivity index (χ3v) is 4.10. The molecule has 1 aromatic heterocycles. The van der Waals surface area contributed by atoms with Crippen LogP contribution in [0, 0.1) is 0 Å². The molecule has 1 aliphatic rings. The molecule has 2 aromatic rings. The summed E-state index contributed by atoms with van der Waals surface area (Å²) in [6.07, 6.45) is 0.831.